The minimum Gasteiger partial charge on any atom is -0.439 e. The van der Waals surface area contributed by atoms with E-state index in [4.69, 9.17) is 9.26 Å². The minimum absolute atomic E-state index is 0.205. The predicted octanol–water partition coefficient (Wildman–Crippen LogP) is 3.99. The quantitative estimate of drug-likeness (QED) is 0.581. The fraction of sp³-hybridized carbons (Fsp3) is 0.200. The number of carbonyl (C=O) groups excluding carboxylic acids is 2. The van der Waals surface area contributed by atoms with E-state index >= 15 is 0 Å². The third kappa shape index (κ3) is 5.32. The topological polar surface area (TPSA) is 118 Å². The molecule has 0 unspecified atom stereocenters. The Balaban J connectivity index is 1.58. The lowest BCUT2D eigenvalue weighted by Crippen LogP contribution is -2.18. The third-order valence-corrected chi connectivity index (χ3v) is 3.92. The number of urea groups is 1. The molecule has 0 aliphatic carbocycles. The van der Waals surface area contributed by atoms with Crippen molar-refractivity contribution >= 4 is 23.5 Å². The highest BCUT2D eigenvalue weighted by Crippen LogP contribution is 2.22. The van der Waals surface area contributed by atoms with Crippen molar-refractivity contribution in [1.29, 1.82) is 0 Å². The van der Waals surface area contributed by atoms with Crippen molar-refractivity contribution in [3.8, 4) is 11.6 Å². The maximum Gasteiger partial charge on any atom is 0.326 e. The van der Waals surface area contributed by atoms with Crippen LogP contribution in [0.2, 0.25) is 0 Å². The summed E-state index contributed by atoms with van der Waals surface area (Å²) in [6.45, 7) is 3.96. The molecular weight excluding hydrogens is 374 g/mol. The van der Waals surface area contributed by atoms with Gasteiger partial charge in [0.25, 0.3) is 5.91 Å². The Labute approximate surface area is 167 Å². The molecule has 0 aliphatic heterocycles. The minimum atomic E-state index is -0.454. The summed E-state index contributed by atoms with van der Waals surface area (Å²) in [6.07, 6.45) is 1.49. The van der Waals surface area contributed by atoms with Gasteiger partial charge in [0.15, 0.2) is 0 Å². The molecule has 29 heavy (non-hydrogen) atoms. The van der Waals surface area contributed by atoms with Crippen LogP contribution in [0, 0.1) is 0 Å². The van der Waals surface area contributed by atoms with Gasteiger partial charge in [-0.3, -0.25) is 10.1 Å². The van der Waals surface area contributed by atoms with Gasteiger partial charge < -0.3 is 19.9 Å². The van der Waals surface area contributed by atoms with Crippen LogP contribution in [0.3, 0.4) is 0 Å². The normalized spacial score (nSPS) is 10.5. The SMILES string of the molecule is CNC(=O)c1ccnc(Oc2ccc(NC(=O)Nc3cc(C(C)C)no3)cc2)c1. The van der Waals surface area contributed by atoms with E-state index in [-0.39, 0.29) is 23.6 Å². The van der Waals surface area contributed by atoms with Gasteiger partial charge in [-0.05, 0) is 36.2 Å². The second-order valence-electron chi connectivity index (χ2n) is 6.44. The van der Waals surface area contributed by atoms with Crippen LogP contribution in [0.25, 0.3) is 0 Å². The van der Waals surface area contributed by atoms with Crippen molar-refractivity contribution in [3.63, 3.8) is 0 Å². The van der Waals surface area contributed by atoms with E-state index in [1.165, 1.54) is 6.20 Å². The second-order valence-corrected chi connectivity index (χ2v) is 6.44. The average Bonchev–Trinajstić information content (AvgIpc) is 3.18. The van der Waals surface area contributed by atoms with Gasteiger partial charge in [0.05, 0.1) is 5.69 Å². The fourth-order valence-electron chi connectivity index (χ4n) is 2.37. The Morgan fingerprint density at radius 1 is 1.07 bits per heavy atom. The summed E-state index contributed by atoms with van der Waals surface area (Å²) in [5.41, 5.74) is 1.77. The third-order valence-electron chi connectivity index (χ3n) is 3.92. The molecule has 2 heterocycles. The van der Waals surface area contributed by atoms with Gasteiger partial charge in [0.1, 0.15) is 5.75 Å². The molecule has 0 saturated heterocycles. The lowest BCUT2D eigenvalue weighted by atomic mass is 10.1. The number of hydrogen-bond acceptors (Lipinski definition) is 6. The predicted molar refractivity (Wildman–Crippen MR) is 107 cm³/mol. The summed E-state index contributed by atoms with van der Waals surface area (Å²) in [5.74, 6) is 1.05. The lowest BCUT2D eigenvalue weighted by molar-refractivity contribution is 0.0962. The van der Waals surface area contributed by atoms with Crippen molar-refractivity contribution in [2.75, 3.05) is 17.7 Å². The summed E-state index contributed by atoms with van der Waals surface area (Å²) in [6, 6.07) is 11.1. The van der Waals surface area contributed by atoms with Crippen LogP contribution in [-0.4, -0.2) is 29.1 Å². The van der Waals surface area contributed by atoms with E-state index in [0.717, 1.165) is 5.69 Å². The standard InChI is InChI=1S/C20H21N5O4/c1-12(2)16-11-18(29-25-16)24-20(27)23-14-4-6-15(7-5-14)28-17-10-13(8-9-22-17)19(26)21-3/h4-12H,1-3H3,(H,21,26)(H2,23,24,27). The highest BCUT2D eigenvalue weighted by molar-refractivity contribution is 5.98. The van der Waals surface area contributed by atoms with Crippen LogP contribution < -0.4 is 20.7 Å². The Hall–Kier alpha value is -3.88. The lowest BCUT2D eigenvalue weighted by Gasteiger charge is -2.08. The van der Waals surface area contributed by atoms with Gasteiger partial charge in [-0.2, -0.15) is 0 Å². The van der Waals surface area contributed by atoms with E-state index in [1.807, 2.05) is 13.8 Å². The van der Waals surface area contributed by atoms with Crippen LogP contribution >= 0.6 is 0 Å². The van der Waals surface area contributed by atoms with Crippen LogP contribution in [0.5, 0.6) is 11.6 Å². The van der Waals surface area contributed by atoms with E-state index in [0.29, 0.717) is 17.0 Å². The summed E-state index contributed by atoms with van der Waals surface area (Å²) in [4.78, 5) is 27.8. The molecule has 0 radical (unpaired) electrons. The molecule has 9 nitrogen and oxygen atoms in total. The summed E-state index contributed by atoms with van der Waals surface area (Å²) in [7, 11) is 1.55. The van der Waals surface area contributed by atoms with Crippen molar-refractivity contribution in [2.45, 2.75) is 19.8 Å². The Bertz CT molecular complexity index is 998. The molecule has 0 spiro atoms. The maximum absolute atomic E-state index is 12.1. The number of benzene rings is 1. The Kier molecular flexibility index (Phi) is 6.08. The average molecular weight is 395 g/mol. The molecule has 3 N–H and O–H groups in total. The first-order valence-corrected chi connectivity index (χ1v) is 8.95. The van der Waals surface area contributed by atoms with Gasteiger partial charge in [-0.1, -0.05) is 19.0 Å². The number of rotatable bonds is 6. The molecule has 2 aromatic heterocycles. The second kappa shape index (κ2) is 8.87. The molecule has 0 saturated carbocycles. The number of amides is 3. The number of ether oxygens (including phenoxy) is 1. The first-order chi connectivity index (χ1) is 13.9. The van der Waals surface area contributed by atoms with Crippen LogP contribution in [-0.2, 0) is 0 Å². The highest BCUT2D eigenvalue weighted by Gasteiger charge is 2.11. The molecule has 3 aromatic rings. The molecule has 150 valence electrons. The molecule has 9 heteroatoms. The zero-order chi connectivity index (χ0) is 20.8. The summed E-state index contributed by atoms with van der Waals surface area (Å²) >= 11 is 0. The highest BCUT2D eigenvalue weighted by atomic mass is 16.5. The molecule has 0 aliphatic rings. The van der Waals surface area contributed by atoms with E-state index < -0.39 is 6.03 Å². The number of aromatic nitrogens is 2. The van der Waals surface area contributed by atoms with Crippen LogP contribution in [0.15, 0.2) is 53.2 Å². The van der Waals surface area contributed by atoms with E-state index in [9.17, 15) is 9.59 Å². The number of nitrogens with one attached hydrogen (secondary N) is 3. The number of nitrogens with zero attached hydrogens (tertiary/aromatic N) is 2. The zero-order valence-electron chi connectivity index (χ0n) is 16.2. The first-order valence-electron chi connectivity index (χ1n) is 8.95. The number of anilines is 2. The van der Waals surface area contributed by atoms with Gasteiger partial charge in [0.2, 0.25) is 11.8 Å². The van der Waals surface area contributed by atoms with Crippen molar-refractivity contribution in [1.82, 2.24) is 15.5 Å². The summed E-state index contributed by atoms with van der Waals surface area (Å²) < 4.78 is 10.7. The van der Waals surface area contributed by atoms with Crippen molar-refractivity contribution in [2.24, 2.45) is 0 Å². The van der Waals surface area contributed by atoms with Crippen LogP contribution in [0.4, 0.5) is 16.4 Å². The van der Waals surface area contributed by atoms with E-state index in [1.54, 1.807) is 49.5 Å². The molecule has 3 rings (SSSR count). The van der Waals surface area contributed by atoms with Gasteiger partial charge in [0, 0.05) is 36.6 Å². The molecule has 0 bridgehead atoms. The maximum atomic E-state index is 12.1. The van der Waals surface area contributed by atoms with Gasteiger partial charge >= 0.3 is 6.03 Å². The molecule has 1 aromatic carbocycles. The molecule has 0 atom stereocenters. The number of pyridine rings is 1. The first kappa shape index (κ1) is 19.9. The molecule has 3 amide bonds. The monoisotopic (exact) mass is 395 g/mol. The zero-order valence-corrected chi connectivity index (χ0v) is 16.2. The Morgan fingerprint density at radius 2 is 1.83 bits per heavy atom. The largest absolute Gasteiger partial charge is 0.439 e. The molecular formula is C20H21N5O4. The van der Waals surface area contributed by atoms with Crippen LogP contribution in [0.1, 0.15) is 35.8 Å². The van der Waals surface area contributed by atoms with E-state index in [2.05, 4.69) is 26.1 Å². The van der Waals surface area contributed by atoms with Gasteiger partial charge in [-0.25, -0.2) is 9.78 Å². The fourth-order valence-corrected chi connectivity index (χ4v) is 2.37. The Morgan fingerprint density at radius 3 is 2.48 bits per heavy atom. The summed E-state index contributed by atoms with van der Waals surface area (Å²) in [5, 5.41) is 11.7. The number of carbonyl (C=O) groups is 2. The molecule has 0 fully saturated rings. The van der Waals surface area contributed by atoms with Crippen molar-refractivity contribution in [3.05, 3.63) is 59.9 Å². The van der Waals surface area contributed by atoms with Gasteiger partial charge in [-0.15, -0.1) is 0 Å². The number of hydrogen-bond donors (Lipinski definition) is 3. The van der Waals surface area contributed by atoms with Crippen molar-refractivity contribution < 1.29 is 18.8 Å². The smallest absolute Gasteiger partial charge is 0.326 e.